The van der Waals surface area contributed by atoms with E-state index in [9.17, 15) is 25.4 Å². The molecule has 11 heteroatoms. The van der Waals surface area contributed by atoms with Crippen LogP contribution in [0.3, 0.4) is 0 Å². The van der Waals surface area contributed by atoms with E-state index in [0.29, 0.717) is 5.75 Å². The van der Waals surface area contributed by atoms with Crippen molar-refractivity contribution in [2.45, 2.75) is 30.7 Å². The first-order valence-electron chi connectivity index (χ1n) is 8.86. The third kappa shape index (κ3) is 5.20. The number of aliphatic hydroxyl groups is 3. The van der Waals surface area contributed by atoms with Crippen LogP contribution >= 0.6 is 12.2 Å². The topological polar surface area (TPSA) is 141 Å². The summed E-state index contributed by atoms with van der Waals surface area (Å²) in [5.74, 6) is 0.574. The zero-order valence-corrected chi connectivity index (χ0v) is 16.3. The first kappa shape index (κ1) is 21.9. The zero-order chi connectivity index (χ0) is 21.7. The quantitative estimate of drug-likeness (QED) is 0.342. The van der Waals surface area contributed by atoms with Crippen LogP contribution in [0.4, 0.5) is 5.69 Å². The molecule has 5 atom stereocenters. The molecule has 0 spiro atoms. The Bertz CT molecular complexity index is 864. The number of thiocarbonyl (C=S) groups is 1. The van der Waals surface area contributed by atoms with Crippen molar-refractivity contribution in [2.24, 2.45) is 0 Å². The second kappa shape index (κ2) is 9.78. The number of benzene rings is 2. The number of nitro benzene ring substituents is 1. The van der Waals surface area contributed by atoms with Gasteiger partial charge in [-0.2, -0.15) is 0 Å². The number of rotatable bonds is 6. The smallest absolute Gasteiger partial charge is 0.358 e. The Morgan fingerprint density at radius 2 is 1.73 bits per heavy atom. The molecule has 1 fully saturated rings. The van der Waals surface area contributed by atoms with Gasteiger partial charge in [0.1, 0.15) is 29.8 Å². The van der Waals surface area contributed by atoms with Crippen LogP contribution in [0.5, 0.6) is 11.5 Å². The molecule has 0 aliphatic carbocycles. The Kier molecular flexibility index (Phi) is 7.13. The summed E-state index contributed by atoms with van der Waals surface area (Å²) in [6.45, 7) is -0.552. The molecule has 2 aromatic rings. The molecular weight excluding hydrogens is 418 g/mol. The highest BCUT2D eigenvalue weighted by Crippen LogP contribution is 2.27. The number of para-hydroxylation sites is 1. The van der Waals surface area contributed by atoms with Crippen LogP contribution in [0.25, 0.3) is 0 Å². The van der Waals surface area contributed by atoms with E-state index in [-0.39, 0.29) is 11.4 Å². The van der Waals surface area contributed by atoms with Crippen LogP contribution < -0.4 is 9.47 Å². The fourth-order valence-electron chi connectivity index (χ4n) is 2.78. The maximum absolute atomic E-state index is 10.7. The monoisotopic (exact) mass is 437 g/mol. The Morgan fingerprint density at radius 1 is 1.07 bits per heavy atom. The maximum Gasteiger partial charge on any atom is 0.358 e. The lowest BCUT2D eigenvalue weighted by Gasteiger charge is -2.41. The van der Waals surface area contributed by atoms with Gasteiger partial charge >= 0.3 is 5.24 Å². The van der Waals surface area contributed by atoms with Crippen LogP contribution in [-0.4, -0.2) is 62.8 Å². The molecule has 10 nitrogen and oxygen atoms in total. The first-order valence-corrected chi connectivity index (χ1v) is 9.27. The third-order valence-corrected chi connectivity index (χ3v) is 4.48. The fraction of sp³-hybridized carbons (Fsp3) is 0.316. The summed E-state index contributed by atoms with van der Waals surface area (Å²) in [4.78, 5) is 10.2. The summed E-state index contributed by atoms with van der Waals surface area (Å²) in [6, 6.07) is 13.7. The lowest BCUT2D eigenvalue weighted by Crippen LogP contribution is -2.61. The van der Waals surface area contributed by atoms with Crippen molar-refractivity contribution >= 4 is 23.1 Å². The van der Waals surface area contributed by atoms with Crippen LogP contribution in [0.1, 0.15) is 0 Å². The average Bonchev–Trinajstić information content (AvgIpc) is 2.74. The second-order valence-corrected chi connectivity index (χ2v) is 6.66. The van der Waals surface area contributed by atoms with Crippen molar-refractivity contribution in [3.63, 3.8) is 0 Å². The minimum atomic E-state index is -1.51. The predicted octanol–water partition coefficient (Wildman–Crippen LogP) is 1.16. The van der Waals surface area contributed by atoms with Gasteiger partial charge in [-0.15, -0.1) is 0 Å². The number of hydrogen-bond acceptors (Lipinski definition) is 10. The lowest BCUT2D eigenvalue weighted by molar-refractivity contribution is -0.384. The predicted molar refractivity (Wildman–Crippen MR) is 106 cm³/mol. The van der Waals surface area contributed by atoms with E-state index in [4.69, 9.17) is 31.2 Å². The van der Waals surface area contributed by atoms with Crippen LogP contribution in [-0.2, 0) is 9.47 Å². The summed E-state index contributed by atoms with van der Waals surface area (Å²) >= 11 is 5.04. The van der Waals surface area contributed by atoms with Crippen molar-refractivity contribution in [3.05, 3.63) is 64.7 Å². The van der Waals surface area contributed by atoms with Gasteiger partial charge in [-0.05, 0) is 24.3 Å². The highest BCUT2D eigenvalue weighted by atomic mass is 32.1. The molecule has 3 rings (SSSR count). The molecule has 1 aliphatic heterocycles. The number of nitro groups is 1. The SMILES string of the molecule is O=[N+]([O-])c1ccc(OC(=S)O[C@H]2[C@@H](Oc3ccccc3)O[C@H](CO)[C@@H](O)[C@@H]2O)cc1. The minimum Gasteiger partial charge on any atom is -0.461 e. The molecule has 3 N–H and O–H groups in total. The van der Waals surface area contributed by atoms with Gasteiger partial charge in [-0.3, -0.25) is 10.1 Å². The van der Waals surface area contributed by atoms with Crippen LogP contribution in [0.15, 0.2) is 54.6 Å². The average molecular weight is 437 g/mol. The van der Waals surface area contributed by atoms with E-state index in [1.807, 2.05) is 0 Å². The number of aliphatic hydroxyl groups excluding tert-OH is 3. The molecule has 2 aromatic carbocycles. The van der Waals surface area contributed by atoms with Gasteiger partial charge in [0.05, 0.1) is 11.5 Å². The van der Waals surface area contributed by atoms with Crippen molar-refractivity contribution in [2.75, 3.05) is 6.61 Å². The van der Waals surface area contributed by atoms with E-state index < -0.39 is 47.5 Å². The molecule has 160 valence electrons. The highest BCUT2D eigenvalue weighted by molar-refractivity contribution is 7.79. The van der Waals surface area contributed by atoms with E-state index in [1.165, 1.54) is 24.3 Å². The summed E-state index contributed by atoms with van der Waals surface area (Å²) in [6.07, 6.45) is -6.58. The Labute approximate surface area is 176 Å². The number of non-ortho nitro benzene ring substituents is 1. The second-order valence-electron chi connectivity index (χ2n) is 6.32. The summed E-state index contributed by atoms with van der Waals surface area (Å²) in [7, 11) is 0. The lowest BCUT2D eigenvalue weighted by atomic mass is 9.99. The number of ether oxygens (including phenoxy) is 4. The molecule has 0 radical (unpaired) electrons. The zero-order valence-electron chi connectivity index (χ0n) is 15.4. The molecule has 0 bridgehead atoms. The molecule has 0 amide bonds. The van der Waals surface area contributed by atoms with Gasteiger partial charge in [0.25, 0.3) is 5.69 Å². The molecule has 30 heavy (non-hydrogen) atoms. The number of hydrogen-bond donors (Lipinski definition) is 3. The summed E-state index contributed by atoms with van der Waals surface area (Å²) < 4.78 is 22.0. The number of nitrogens with zero attached hydrogens (tertiary/aromatic N) is 1. The van der Waals surface area contributed by atoms with Crippen LogP contribution in [0, 0.1) is 10.1 Å². The van der Waals surface area contributed by atoms with Gasteiger partial charge in [-0.1, -0.05) is 18.2 Å². The minimum absolute atomic E-state index is 0.125. The summed E-state index contributed by atoms with van der Waals surface area (Å²) in [5, 5.41) is 40.3. The molecule has 0 unspecified atom stereocenters. The fourth-order valence-corrected chi connectivity index (χ4v) is 2.98. The van der Waals surface area contributed by atoms with Crippen molar-refractivity contribution in [1.29, 1.82) is 0 Å². The third-order valence-electron chi connectivity index (χ3n) is 4.30. The van der Waals surface area contributed by atoms with Crippen molar-refractivity contribution in [3.8, 4) is 11.5 Å². The van der Waals surface area contributed by atoms with E-state index in [1.54, 1.807) is 30.3 Å². The Balaban J connectivity index is 1.72. The van der Waals surface area contributed by atoms with E-state index in [2.05, 4.69) is 0 Å². The van der Waals surface area contributed by atoms with Crippen molar-refractivity contribution in [1.82, 2.24) is 0 Å². The van der Waals surface area contributed by atoms with Gasteiger partial charge in [0.2, 0.25) is 6.29 Å². The normalized spacial score (nSPS) is 25.9. The molecule has 1 aliphatic rings. The van der Waals surface area contributed by atoms with Gasteiger partial charge < -0.3 is 34.3 Å². The molecular formula is C19H19NO9S. The molecule has 1 saturated heterocycles. The van der Waals surface area contributed by atoms with Gasteiger partial charge in [0, 0.05) is 24.4 Å². The summed E-state index contributed by atoms with van der Waals surface area (Å²) in [5.41, 5.74) is -0.125. The highest BCUT2D eigenvalue weighted by Gasteiger charge is 2.47. The maximum atomic E-state index is 10.7. The Hall–Kier alpha value is -2.83. The molecule has 0 saturated carbocycles. The van der Waals surface area contributed by atoms with Gasteiger partial charge in [-0.25, -0.2) is 0 Å². The van der Waals surface area contributed by atoms with E-state index in [0.717, 1.165) is 0 Å². The standard InChI is InChI=1S/C19H19NO9S/c21-10-14-15(22)16(23)17(18(28-14)26-12-4-2-1-3-5-12)29-19(30)27-13-8-6-11(7-9-13)20(24)25/h1-9,14-18,21-23H,10H2/t14-,15-,16+,17-,18+/m1/s1. The van der Waals surface area contributed by atoms with Crippen molar-refractivity contribution < 1.29 is 39.2 Å². The van der Waals surface area contributed by atoms with E-state index >= 15 is 0 Å². The van der Waals surface area contributed by atoms with Gasteiger partial charge in [0.15, 0.2) is 6.10 Å². The largest absolute Gasteiger partial charge is 0.461 e. The first-order chi connectivity index (χ1) is 14.4. The molecule has 0 aromatic heterocycles. The Morgan fingerprint density at radius 3 is 2.33 bits per heavy atom. The molecule has 1 heterocycles. The van der Waals surface area contributed by atoms with Crippen LogP contribution in [0.2, 0.25) is 0 Å².